The second-order valence-corrected chi connectivity index (χ2v) is 9.60. The Morgan fingerprint density at radius 3 is 2.73 bits per heavy atom. The monoisotopic (exact) mass is 478 g/mol. The zero-order chi connectivity index (χ0) is 23.6. The zero-order valence-electron chi connectivity index (χ0n) is 17.8. The fourth-order valence-corrected chi connectivity index (χ4v) is 4.59. The molecule has 1 saturated heterocycles. The second kappa shape index (κ2) is 9.38. The summed E-state index contributed by atoms with van der Waals surface area (Å²) in [5, 5.41) is 11.7. The van der Waals surface area contributed by atoms with Gasteiger partial charge >= 0.3 is 7.60 Å². The number of rotatable bonds is 7. The Labute approximate surface area is 187 Å². The van der Waals surface area contributed by atoms with Gasteiger partial charge in [0, 0.05) is 18.5 Å². The van der Waals surface area contributed by atoms with Crippen molar-refractivity contribution in [2.24, 2.45) is 5.92 Å². The molecule has 1 fully saturated rings. The number of hydrogen-bond donors (Lipinski definition) is 2. The number of ether oxygens (including phenoxy) is 1. The molecule has 0 amide bonds. The number of nitrogens with zero attached hydrogens (tertiary/aromatic N) is 6. The summed E-state index contributed by atoms with van der Waals surface area (Å²) in [6.45, 7) is 1.31. The molecule has 1 aliphatic rings. The third-order valence-corrected chi connectivity index (χ3v) is 6.47. The lowest BCUT2D eigenvalue weighted by atomic mass is 9.94. The van der Waals surface area contributed by atoms with Crippen LogP contribution < -0.4 is 15.2 Å². The molecule has 0 aromatic carbocycles. The topological polar surface area (TPSA) is 174 Å². The molecule has 1 aliphatic heterocycles. The largest absolute Gasteiger partial charge is 0.480 e. The van der Waals surface area contributed by atoms with Crippen LogP contribution in [0.4, 0.5) is 5.82 Å². The molecule has 3 aromatic heterocycles. The van der Waals surface area contributed by atoms with E-state index in [1.165, 1.54) is 13.3 Å². The minimum atomic E-state index is -3.99. The van der Waals surface area contributed by atoms with Crippen LogP contribution >= 0.6 is 7.60 Å². The van der Waals surface area contributed by atoms with Crippen molar-refractivity contribution in [3.05, 3.63) is 34.9 Å². The highest BCUT2D eigenvalue weighted by Crippen LogP contribution is 2.38. The highest BCUT2D eigenvalue weighted by atomic mass is 31.2. The number of carbonyl (C=O) groups is 1. The number of aromatic nitrogens is 5. The molecule has 14 heteroatoms. The molecule has 0 spiro atoms. The normalized spacial score (nSPS) is 15.2. The van der Waals surface area contributed by atoms with Crippen molar-refractivity contribution >= 4 is 30.1 Å². The molecule has 3 aromatic rings. The Kier molecular flexibility index (Phi) is 6.54. The highest BCUT2D eigenvalue weighted by molar-refractivity contribution is 7.51. The first-order valence-electron chi connectivity index (χ1n) is 10.3. The summed E-state index contributed by atoms with van der Waals surface area (Å²) in [5.74, 6) is 0.352. The summed E-state index contributed by atoms with van der Waals surface area (Å²) in [6.07, 6.45) is 4.13. The number of methoxy groups -OCH3 is 1. The van der Waals surface area contributed by atoms with Crippen LogP contribution in [-0.2, 0) is 11.0 Å². The van der Waals surface area contributed by atoms with Crippen molar-refractivity contribution in [1.82, 2.24) is 25.0 Å². The zero-order valence-corrected chi connectivity index (χ0v) is 18.7. The van der Waals surface area contributed by atoms with Crippen LogP contribution in [0.15, 0.2) is 27.9 Å². The standard InChI is InChI=1S/C19H23N6O7P/c1-31-18-17-13(10-21-25(19(17)27)16(26)9-15-23-20-11-32-15)8-14(22-18)24-5-2-12(3-6-24)4-7-33(28,29)30/h8,10-12H,2-7,9H2,1H3,(H2,28,29,30). The summed E-state index contributed by atoms with van der Waals surface area (Å²) in [6, 6.07) is 1.72. The fraction of sp³-hybridized carbons (Fsp3) is 0.474. The maximum absolute atomic E-state index is 13.0. The molecule has 0 bridgehead atoms. The van der Waals surface area contributed by atoms with Crippen LogP contribution in [0.5, 0.6) is 5.88 Å². The fourth-order valence-electron chi connectivity index (χ4n) is 3.89. The predicted molar refractivity (Wildman–Crippen MR) is 115 cm³/mol. The van der Waals surface area contributed by atoms with Gasteiger partial charge in [0.2, 0.25) is 18.2 Å². The second-order valence-electron chi connectivity index (χ2n) is 7.83. The van der Waals surface area contributed by atoms with Gasteiger partial charge in [-0.1, -0.05) is 0 Å². The number of hydrogen-bond acceptors (Lipinski definition) is 10. The van der Waals surface area contributed by atoms with Crippen LogP contribution in [-0.4, -0.2) is 67.0 Å². The van der Waals surface area contributed by atoms with Gasteiger partial charge in [-0.15, -0.1) is 10.2 Å². The maximum Gasteiger partial charge on any atom is 0.325 e. The Morgan fingerprint density at radius 1 is 1.33 bits per heavy atom. The van der Waals surface area contributed by atoms with Crippen molar-refractivity contribution in [3.63, 3.8) is 0 Å². The molecule has 4 rings (SSSR count). The molecule has 0 radical (unpaired) electrons. The first-order valence-corrected chi connectivity index (χ1v) is 12.1. The van der Waals surface area contributed by atoms with Gasteiger partial charge < -0.3 is 23.8 Å². The average molecular weight is 478 g/mol. The van der Waals surface area contributed by atoms with Crippen LogP contribution in [0.25, 0.3) is 10.8 Å². The molecule has 0 saturated carbocycles. The molecule has 0 atom stereocenters. The number of anilines is 1. The molecule has 33 heavy (non-hydrogen) atoms. The van der Waals surface area contributed by atoms with Gasteiger partial charge in [-0.05, 0) is 31.2 Å². The van der Waals surface area contributed by atoms with E-state index >= 15 is 0 Å². The lowest BCUT2D eigenvalue weighted by Crippen LogP contribution is -2.35. The molecule has 2 N–H and O–H groups in total. The van der Waals surface area contributed by atoms with E-state index in [1.807, 2.05) is 4.90 Å². The molecule has 4 heterocycles. The number of carbonyl (C=O) groups excluding carboxylic acids is 1. The average Bonchev–Trinajstić information content (AvgIpc) is 3.30. The van der Waals surface area contributed by atoms with Gasteiger partial charge in [0.1, 0.15) is 17.6 Å². The van der Waals surface area contributed by atoms with Gasteiger partial charge in [0.15, 0.2) is 0 Å². The van der Waals surface area contributed by atoms with E-state index < -0.39 is 19.1 Å². The third kappa shape index (κ3) is 5.27. The maximum atomic E-state index is 13.0. The molecule has 13 nitrogen and oxygen atoms in total. The Balaban J connectivity index is 1.55. The van der Waals surface area contributed by atoms with E-state index in [9.17, 15) is 14.2 Å². The van der Waals surface area contributed by atoms with Crippen molar-refractivity contribution in [2.45, 2.75) is 25.7 Å². The molecule has 0 unspecified atom stereocenters. The van der Waals surface area contributed by atoms with E-state index in [-0.39, 0.29) is 35.7 Å². The Hall–Kier alpha value is -3.15. The van der Waals surface area contributed by atoms with Crippen LogP contribution in [0.2, 0.25) is 0 Å². The summed E-state index contributed by atoms with van der Waals surface area (Å²) in [7, 11) is -2.60. The lowest BCUT2D eigenvalue weighted by Gasteiger charge is -2.33. The van der Waals surface area contributed by atoms with Crippen molar-refractivity contribution in [3.8, 4) is 5.88 Å². The Morgan fingerprint density at radius 2 is 2.09 bits per heavy atom. The summed E-state index contributed by atoms with van der Waals surface area (Å²) >= 11 is 0. The first kappa shape index (κ1) is 23.0. The minimum Gasteiger partial charge on any atom is -0.480 e. The summed E-state index contributed by atoms with van der Waals surface area (Å²) < 4.78 is 22.2. The quantitative estimate of drug-likeness (QED) is 0.459. The van der Waals surface area contributed by atoms with Crippen LogP contribution in [0.1, 0.15) is 29.9 Å². The molecular formula is C19H23N6O7P. The smallest absolute Gasteiger partial charge is 0.325 e. The predicted octanol–water partition coefficient (Wildman–Crippen LogP) is 0.850. The number of fused-ring (bicyclic) bond motifs is 1. The van der Waals surface area contributed by atoms with Crippen LogP contribution in [0, 0.1) is 5.92 Å². The molecule has 176 valence electrons. The lowest BCUT2D eigenvalue weighted by molar-refractivity contribution is 0.0884. The Bertz CT molecular complexity index is 1250. The van der Waals surface area contributed by atoms with Gasteiger partial charge in [-0.3, -0.25) is 14.2 Å². The van der Waals surface area contributed by atoms with Gasteiger partial charge in [0.05, 0.1) is 19.5 Å². The van der Waals surface area contributed by atoms with Gasteiger partial charge in [0.25, 0.3) is 11.5 Å². The van der Waals surface area contributed by atoms with Crippen molar-refractivity contribution in [1.29, 1.82) is 0 Å². The molecule has 0 aliphatic carbocycles. The van der Waals surface area contributed by atoms with E-state index in [4.69, 9.17) is 18.9 Å². The van der Waals surface area contributed by atoms with E-state index in [1.54, 1.807) is 6.07 Å². The number of piperidine rings is 1. The number of pyridine rings is 1. The first-order chi connectivity index (χ1) is 15.7. The third-order valence-electron chi connectivity index (χ3n) is 5.63. The van der Waals surface area contributed by atoms with E-state index in [0.717, 1.165) is 23.9 Å². The van der Waals surface area contributed by atoms with E-state index in [2.05, 4.69) is 20.3 Å². The van der Waals surface area contributed by atoms with Crippen LogP contribution in [0.3, 0.4) is 0 Å². The van der Waals surface area contributed by atoms with Crippen molar-refractivity contribution < 1.29 is 28.3 Å². The van der Waals surface area contributed by atoms with E-state index in [0.29, 0.717) is 30.7 Å². The SMILES string of the molecule is COc1nc(N2CCC(CCP(=O)(O)O)CC2)cc2cnn(C(=O)Cc3nnco3)c(=O)c12. The molecular weight excluding hydrogens is 455 g/mol. The highest BCUT2D eigenvalue weighted by Gasteiger charge is 2.25. The van der Waals surface area contributed by atoms with Crippen molar-refractivity contribution in [2.75, 3.05) is 31.3 Å². The van der Waals surface area contributed by atoms with Gasteiger partial charge in [-0.25, -0.2) is 0 Å². The summed E-state index contributed by atoms with van der Waals surface area (Å²) in [5.41, 5.74) is -0.663. The van der Waals surface area contributed by atoms with Gasteiger partial charge in [-0.2, -0.15) is 14.8 Å². The summed E-state index contributed by atoms with van der Waals surface area (Å²) in [4.78, 5) is 50.2. The minimum absolute atomic E-state index is 0.0680.